The van der Waals surface area contributed by atoms with E-state index in [-0.39, 0.29) is 17.5 Å². The van der Waals surface area contributed by atoms with E-state index in [1.54, 1.807) is 74.0 Å². The molecule has 11 aromatic heterocycles. The van der Waals surface area contributed by atoms with Crippen molar-refractivity contribution in [3.05, 3.63) is 475 Å². The van der Waals surface area contributed by atoms with E-state index in [9.17, 15) is 14.5 Å². The summed E-state index contributed by atoms with van der Waals surface area (Å²) in [5, 5.41) is 12.4. The maximum Gasteiger partial charge on any atom is 0.278 e. The maximum absolute atomic E-state index is 14.7. The molecular formula is C119H89ClFN17O7. The van der Waals surface area contributed by atoms with Gasteiger partial charge in [0, 0.05) is 67.4 Å². The van der Waals surface area contributed by atoms with Gasteiger partial charge in [-0.2, -0.15) is 0 Å². The van der Waals surface area contributed by atoms with Crippen molar-refractivity contribution in [3.63, 3.8) is 0 Å². The van der Waals surface area contributed by atoms with Gasteiger partial charge in [0.05, 0.1) is 165 Å². The van der Waals surface area contributed by atoms with Gasteiger partial charge in [-0.1, -0.05) is 121 Å². The second-order valence-electron chi connectivity index (χ2n) is 37.1. The Morgan fingerprint density at radius 2 is 0.724 bits per heavy atom. The lowest BCUT2D eigenvalue weighted by Gasteiger charge is -2.14. The molecule has 0 saturated heterocycles. The predicted octanol–water partition coefficient (Wildman–Crippen LogP) is 26.6. The lowest BCUT2D eigenvalue weighted by atomic mass is 9.96. The number of nitrogens with zero attached hydrogens (tertiary/aromatic N) is 17. The van der Waals surface area contributed by atoms with Crippen molar-refractivity contribution >= 4 is 45.8 Å². The van der Waals surface area contributed by atoms with Crippen LogP contribution in [0.5, 0.6) is 0 Å². The topological polar surface area (TPSA) is 273 Å². The van der Waals surface area contributed by atoms with E-state index in [1.807, 2.05) is 170 Å². The third-order valence-electron chi connectivity index (χ3n) is 27.9. The Morgan fingerprint density at radius 3 is 1.15 bits per heavy atom. The van der Waals surface area contributed by atoms with Crippen molar-refractivity contribution < 1.29 is 31.4 Å². The molecule has 5 aliphatic heterocycles. The van der Waals surface area contributed by atoms with Crippen molar-refractivity contribution in [1.29, 1.82) is 0 Å². The van der Waals surface area contributed by atoms with Crippen molar-refractivity contribution in [3.8, 4) is 98.1 Å². The molecule has 20 aromatic rings. The molecule has 706 valence electrons. The Hall–Kier alpha value is -17.9. The van der Waals surface area contributed by atoms with Gasteiger partial charge in [-0.25, -0.2) is 29.3 Å². The zero-order valence-corrected chi connectivity index (χ0v) is 79.3. The minimum Gasteiger partial charge on any atom is -0.463 e. The molecule has 4 saturated carbocycles. The summed E-state index contributed by atoms with van der Waals surface area (Å²) in [7, 11) is 0. The molecule has 4 fully saturated rings. The fourth-order valence-corrected chi connectivity index (χ4v) is 20.4. The first-order valence-electron chi connectivity index (χ1n) is 48.6. The first-order chi connectivity index (χ1) is 71.4. The molecule has 0 bridgehead atoms. The minimum absolute atomic E-state index is 0.0125. The zero-order chi connectivity index (χ0) is 97.3. The molecule has 0 amide bonds. The first-order valence-corrected chi connectivity index (χ1v) is 49.0. The average Bonchev–Trinajstić information content (AvgIpc) is 1.72. The summed E-state index contributed by atoms with van der Waals surface area (Å²) in [6.45, 7) is 3.92. The molecule has 1 atom stereocenters. The number of aliphatic imine (C=N–C) groups is 5. The van der Waals surface area contributed by atoms with Crippen molar-refractivity contribution in [2.45, 2.75) is 114 Å². The highest BCUT2D eigenvalue weighted by atomic mass is 35.5. The van der Waals surface area contributed by atoms with Gasteiger partial charge in [0.1, 0.15) is 65.9 Å². The van der Waals surface area contributed by atoms with Crippen LogP contribution >= 0.6 is 11.6 Å². The number of hydrogen-bond acceptors (Lipinski definition) is 18. The van der Waals surface area contributed by atoms with Crippen LogP contribution in [0, 0.1) is 28.3 Å². The number of fused-ring (bicyclic) bond motifs is 15. The second kappa shape index (κ2) is 37.6. The Balaban J connectivity index is 0.0000000947. The molecule has 0 radical (unpaired) electrons. The lowest BCUT2D eigenvalue weighted by Crippen LogP contribution is -2.10. The van der Waals surface area contributed by atoms with Crippen LogP contribution in [0.25, 0.3) is 85.7 Å². The highest BCUT2D eigenvalue weighted by Gasteiger charge is 2.37. The number of aromatic nitrogens is 11. The molecule has 0 unspecified atom stereocenters. The highest BCUT2D eigenvalue weighted by Crippen LogP contribution is 2.49. The van der Waals surface area contributed by atoms with E-state index in [0.717, 1.165) is 148 Å². The van der Waals surface area contributed by atoms with E-state index in [2.05, 4.69) is 151 Å². The zero-order valence-electron chi connectivity index (χ0n) is 78.5. The molecule has 0 N–H and O–H groups in total. The number of pyridine rings is 1. The van der Waals surface area contributed by atoms with E-state index in [0.29, 0.717) is 106 Å². The van der Waals surface area contributed by atoms with Crippen LogP contribution in [0.3, 0.4) is 0 Å². The smallest absolute Gasteiger partial charge is 0.278 e. The monoisotopic (exact) mass is 1920 g/mol. The molecule has 4 aliphatic carbocycles. The quantitative estimate of drug-likeness (QED) is 0.0525. The number of furan rings is 5. The normalized spacial score (nSPS) is 15.3. The Morgan fingerprint density at radius 1 is 0.359 bits per heavy atom. The van der Waals surface area contributed by atoms with E-state index < -0.39 is 4.92 Å². The van der Waals surface area contributed by atoms with Gasteiger partial charge in [-0.05, 0) is 268 Å². The van der Waals surface area contributed by atoms with Gasteiger partial charge < -0.3 is 22.1 Å². The van der Waals surface area contributed by atoms with Crippen LogP contribution in [0.4, 0.5) is 10.1 Å². The Kier molecular flexibility index (Phi) is 23.0. The molecule has 145 heavy (non-hydrogen) atoms. The molecule has 24 nitrogen and oxygen atoms in total. The van der Waals surface area contributed by atoms with E-state index >= 15 is 0 Å². The number of imidazole rings is 5. The van der Waals surface area contributed by atoms with Crippen LogP contribution in [-0.2, 0) is 26.2 Å². The summed E-state index contributed by atoms with van der Waals surface area (Å²) >= 11 is 6.57. The molecule has 9 aliphatic rings. The number of nitro benzene ring substituents is 1. The summed E-state index contributed by atoms with van der Waals surface area (Å²) in [5.74, 6) is 8.67. The fraction of sp³-hybridized carbons (Fsp3) is 0.151. The Bertz CT molecular complexity index is 8180. The van der Waals surface area contributed by atoms with E-state index in [4.69, 9.17) is 65.1 Å². The summed E-state index contributed by atoms with van der Waals surface area (Å²) < 4.78 is 53.2. The van der Waals surface area contributed by atoms with Gasteiger partial charge in [0.15, 0.2) is 28.8 Å². The highest BCUT2D eigenvalue weighted by molar-refractivity contribution is 6.36. The number of benzene rings is 9. The van der Waals surface area contributed by atoms with Crippen LogP contribution in [0.1, 0.15) is 200 Å². The van der Waals surface area contributed by atoms with Crippen LogP contribution in [-0.4, -0.2) is 86.2 Å². The second-order valence-corrected chi connectivity index (χ2v) is 37.5. The van der Waals surface area contributed by atoms with Crippen molar-refractivity contribution in [2.24, 2.45) is 25.0 Å². The van der Waals surface area contributed by atoms with Crippen LogP contribution in [0.15, 0.2) is 389 Å². The maximum atomic E-state index is 14.7. The summed E-state index contributed by atoms with van der Waals surface area (Å²) in [6, 6.07) is 88.7. The molecule has 29 rings (SSSR count). The number of hydrogen-bond donors (Lipinski definition) is 0. The van der Waals surface area contributed by atoms with Gasteiger partial charge in [0.25, 0.3) is 5.69 Å². The third-order valence-corrected chi connectivity index (χ3v) is 28.2. The molecular weight excluding hydrogens is 1830 g/mol. The Labute approximate surface area is 837 Å². The van der Waals surface area contributed by atoms with Gasteiger partial charge in [-0.3, -0.25) is 62.9 Å². The number of rotatable bonds is 15. The number of para-hydroxylation sites is 1. The molecule has 9 aromatic carbocycles. The molecule has 16 heterocycles. The summed E-state index contributed by atoms with van der Waals surface area (Å²) in [5.41, 5.74) is 33.2. The predicted molar refractivity (Wildman–Crippen MR) is 555 cm³/mol. The van der Waals surface area contributed by atoms with Gasteiger partial charge >= 0.3 is 0 Å². The van der Waals surface area contributed by atoms with Gasteiger partial charge in [0.2, 0.25) is 0 Å². The third kappa shape index (κ3) is 17.0. The van der Waals surface area contributed by atoms with Crippen LogP contribution in [0.2, 0.25) is 5.02 Å². The average molecular weight is 1920 g/mol. The number of terminal acetylenes is 1. The minimum atomic E-state index is -0.395. The largest absolute Gasteiger partial charge is 0.463 e. The fourth-order valence-electron chi connectivity index (χ4n) is 20.1. The number of halogens is 2. The summed E-state index contributed by atoms with van der Waals surface area (Å²) in [6.07, 6.45) is 35.0. The van der Waals surface area contributed by atoms with Gasteiger partial charge in [-0.15, -0.1) is 6.42 Å². The first kappa shape index (κ1) is 88.5. The lowest BCUT2D eigenvalue weighted by molar-refractivity contribution is -0.385. The summed E-state index contributed by atoms with van der Waals surface area (Å²) in [4.78, 5) is 63.9. The van der Waals surface area contributed by atoms with Crippen LogP contribution < -0.4 is 0 Å². The molecule has 0 spiro atoms. The van der Waals surface area contributed by atoms with Crippen molar-refractivity contribution in [1.82, 2.24) is 52.7 Å². The standard InChI is InChI=1S/C24H18ClN3O.C24H18FN3O.C24H16N4O3.C24H19N3O.C23H18N4O/c2*25-19-5-2-1-4-17(19)23-18-12-16(15-7-8-15)9-10-20(18)28-14-27-24(21(28)13-26-23)22-6-3-11-29-22;1-3-16-10-11-19-18(13-16)22(17-7-4-5-8-20(17)28(29)30)26-15(2)24-23(25-14-27(19)24)21-9-6-12-31-21;1-2-5-17(6-3-1)23-19-13-18(16-8-9-16)10-11-20(19)27-15-26-24(21(27)14-25-23)22-7-4-12-28-22;1-2-10-24-18(4-1)22-17-12-16(15-6-7-15)8-9-19(17)27-14-26-23(20(27)13-25-22)21-5-3-11-28-21/h2*1-6,9-12,14-15H,7-8,13H2;1,4-15H,2H3;1-7,10-13,15-16H,8-9,14H2;1-5,8-12,14-15H,6-7,13H2/t;;15-;;/m..0../s1. The number of nitro groups is 1. The van der Waals surface area contributed by atoms with E-state index in [1.165, 1.54) is 91.3 Å². The van der Waals surface area contributed by atoms with Crippen molar-refractivity contribution in [2.75, 3.05) is 0 Å². The molecule has 26 heteroatoms. The SMILES string of the molecule is C#Cc1ccc2c(c1)C(c1ccccc1[N+](=O)[O-])=N[C@@H](C)c1c(-c3ccco3)ncn1-2.Clc1ccccc1C1=NCc2c(-c3ccco3)ncn2-c2ccc(C3CC3)cc21.Fc1ccccc1C1=NCc2c(-c3ccco3)ncn2-c2ccc(C3CC3)cc21.c1ccc(C2=NCc3c(-c4ccco4)ncn3-c3ccc(C4CC4)cc32)cc1.c1ccc(C2=NCc3c(-c4ccco4)ncn3-c3ccc(C4CC4)cc32)nc1.